The van der Waals surface area contributed by atoms with Gasteiger partial charge in [-0.1, -0.05) is 39.0 Å². The van der Waals surface area contributed by atoms with E-state index in [1.165, 1.54) is 24.8 Å². The van der Waals surface area contributed by atoms with E-state index in [2.05, 4.69) is 49.3 Å². The molecular formula is C35H48N4O5. The van der Waals surface area contributed by atoms with Gasteiger partial charge in [0.2, 0.25) is 0 Å². The molecule has 3 aliphatic carbocycles. The third-order valence-electron chi connectivity index (χ3n) is 10.6. The van der Waals surface area contributed by atoms with Crippen molar-refractivity contribution in [3.8, 4) is 5.75 Å². The number of benzene rings is 1. The Hall–Kier alpha value is -3.17. The number of nitrogens with one attached hydrogen (secondary N) is 1. The molecule has 2 aliphatic heterocycles. The molecule has 9 nitrogen and oxygen atoms in total. The minimum absolute atomic E-state index is 0.252. The van der Waals surface area contributed by atoms with Gasteiger partial charge in [0.1, 0.15) is 23.7 Å². The first-order valence-electron chi connectivity index (χ1n) is 16.1. The molecule has 2 saturated heterocycles. The lowest BCUT2D eigenvalue weighted by Crippen LogP contribution is -2.55. The summed E-state index contributed by atoms with van der Waals surface area (Å²) >= 11 is 0. The van der Waals surface area contributed by atoms with Gasteiger partial charge in [0.15, 0.2) is 0 Å². The number of rotatable bonds is 9. The van der Waals surface area contributed by atoms with Crippen LogP contribution in [0.5, 0.6) is 5.75 Å². The van der Waals surface area contributed by atoms with Crippen LogP contribution < -0.4 is 15.0 Å². The topological polar surface area (TPSA) is 104 Å². The number of carboxylic acids is 1. The highest BCUT2D eigenvalue weighted by Crippen LogP contribution is 2.65. The number of aliphatic carboxylic acids is 1. The van der Waals surface area contributed by atoms with Gasteiger partial charge in [-0.15, -0.1) is 0 Å². The number of nitrogens with zero attached hydrogens (tertiary/aromatic N) is 3. The summed E-state index contributed by atoms with van der Waals surface area (Å²) in [5.41, 5.74) is 3.10. The number of aromatic nitrogens is 1. The van der Waals surface area contributed by atoms with E-state index in [4.69, 9.17) is 9.47 Å². The molecule has 44 heavy (non-hydrogen) atoms. The van der Waals surface area contributed by atoms with Gasteiger partial charge in [0.05, 0.1) is 13.2 Å². The molecule has 0 spiro atoms. The van der Waals surface area contributed by atoms with E-state index in [1.807, 2.05) is 31.1 Å². The Balaban J connectivity index is 1.44. The first kappa shape index (κ1) is 30.8. The smallest absolute Gasteiger partial charge is 0.326 e. The molecule has 7 rings (SSSR count). The summed E-state index contributed by atoms with van der Waals surface area (Å²) in [7, 11) is 5.55. The van der Waals surface area contributed by atoms with Crippen LogP contribution in [0.2, 0.25) is 0 Å². The lowest BCUT2D eigenvalue weighted by Gasteiger charge is -2.62. The highest BCUT2D eigenvalue weighted by atomic mass is 16.5. The summed E-state index contributed by atoms with van der Waals surface area (Å²) in [6.07, 6.45) is 7.24. The minimum atomic E-state index is -1.04. The summed E-state index contributed by atoms with van der Waals surface area (Å²) in [5.74, 6) is 0.747. The summed E-state index contributed by atoms with van der Waals surface area (Å²) in [6.45, 7) is 7.21. The van der Waals surface area contributed by atoms with Crippen LogP contribution in [-0.4, -0.2) is 72.9 Å². The van der Waals surface area contributed by atoms with Crippen molar-refractivity contribution in [1.29, 1.82) is 0 Å². The number of hydrogen-bond acceptors (Lipinski definition) is 7. The zero-order valence-corrected chi connectivity index (χ0v) is 27.0. The van der Waals surface area contributed by atoms with E-state index in [-0.39, 0.29) is 11.9 Å². The minimum Gasteiger partial charge on any atom is -0.496 e. The molecule has 9 heteroatoms. The molecule has 2 bridgehead atoms. The number of methoxy groups -OCH3 is 1. The Kier molecular flexibility index (Phi) is 8.16. The number of anilines is 1. The maximum atomic E-state index is 14.4. The van der Waals surface area contributed by atoms with Crippen LogP contribution in [0.3, 0.4) is 0 Å². The maximum Gasteiger partial charge on any atom is 0.326 e. The quantitative estimate of drug-likeness (QED) is 0.415. The van der Waals surface area contributed by atoms with E-state index in [1.54, 1.807) is 18.2 Å². The van der Waals surface area contributed by atoms with E-state index < -0.39 is 35.5 Å². The Morgan fingerprint density at radius 3 is 2.50 bits per heavy atom. The number of ether oxygens (including phenoxy) is 2. The van der Waals surface area contributed by atoms with Gasteiger partial charge < -0.3 is 29.7 Å². The second kappa shape index (κ2) is 11.6. The third-order valence-corrected chi connectivity index (χ3v) is 10.6. The van der Waals surface area contributed by atoms with Gasteiger partial charge in [-0.05, 0) is 73.0 Å². The monoisotopic (exact) mass is 604 g/mol. The molecule has 2 N–H and O–H groups in total. The standard InChI is InChI=1S/C35H48N4O5/c1-34(2,3)27-28(37-20-22-16-23(12-13-25(22)43-6)35-17-21(18-35)19-35)29(24-10-9-14-36-31(24)38(4)5)39(30(27)33(41)42)32(40)26-11-7-8-15-44-26/h9-10,12-14,16,21,26-30,37H,7-8,11,15,17-20H2,1-6H3,(H,41,42)/t21?,26-,27+,28+,29+,30+,35?/m1/s1. The first-order chi connectivity index (χ1) is 20.9. The fourth-order valence-corrected chi connectivity index (χ4v) is 8.47. The second-order valence-electron chi connectivity index (χ2n) is 14.7. The van der Waals surface area contributed by atoms with Crippen LogP contribution in [0.4, 0.5) is 5.82 Å². The van der Waals surface area contributed by atoms with E-state index in [9.17, 15) is 14.7 Å². The van der Waals surface area contributed by atoms with Crippen LogP contribution in [0.25, 0.3) is 0 Å². The van der Waals surface area contributed by atoms with Gasteiger partial charge >= 0.3 is 5.97 Å². The SMILES string of the molecule is COc1ccc(C23CC(C2)C3)cc1CN[C@H]1[C@H](C(C)(C)C)[C@@H](C(=O)O)N(C(=O)[C@H]2CCCCO2)[C@H]1c1cccnc1N(C)C. The second-order valence-corrected chi connectivity index (χ2v) is 14.7. The van der Waals surface area contributed by atoms with Crippen molar-refractivity contribution < 1.29 is 24.2 Å². The van der Waals surface area contributed by atoms with Crippen LogP contribution in [0, 0.1) is 17.3 Å². The van der Waals surface area contributed by atoms with Crippen molar-refractivity contribution in [2.75, 3.05) is 32.7 Å². The highest BCUT2D eigenvalue weighted by molar-refractivity contribution is 5.88. The molecule has 5 atom stereocenters. The van der Waals surface area contributed by atoms with Gasteiger partial charge in [-0.25, -0.2) is 9.78 Å². The number of pyridine rings is 1. The molecule has 0 radical (unpaired) electrons. The molecule has 0 unspecified atom stereocenters. The number of carbonyl (C=O) groups excluding carboxylic acids is 1. The van der Waals surface area contributed by atoms with Gasteiger partial charge in [0.25, 0.3) is 5.91 Å². The number of carboxylic acid groups (broad SMARTS) is 1. The fourth-order valence-electron chi connectivity index (χ4n) is 8.47. The first-order valence-corrected chi connectivity index (χ1v) is 16.1. The highest BCUT2D eigenvalue weighted by Gasteiger charge is 2.60. The van der Waals surface area contributed by atoms with Crippen LogP contribution in [0.15, 0.2) is 36.5 Å². The predicted octanol–water partition coefficient (Wildman–Crippen LogP) is 4.93. The predicted molar refractivity (Wildman–Crippen MR) is 169 cm³/mol. The van der Waals surface area contributed by atoms with Crippen LogP contribution in [0.1, 0.15) is 82.0 Å². The van der Waals surface area contributed by atoms with E-state index in [0.717, 1.165) is 35.6 Å². The number of amides is 1. The van der Waals surface area contributed by atoms with E-state index in [0.29, 0.717) is 30.8 Å². The lowest BCUT2D eigenvalue weighted by atomic mass is 9.42. The van der Waals surface area contributed by atoms with Gasteiger partial charge in [-0.2, -0.15) is 0 Å². The summed E-state index contributed by atoms with van der Waals surface area (Å²) < 4.78 is 11.8. The molecule has 1 aromatic heterocycles. The van der Waals surface area contributed by atoms with Crippen molar-refractivity contribution in [2.45, 2.75) is 95.5 Å². The van der Waals surface area contributed by atoms with Gasteiger partial charge in [0, 0.05) is 56.5 Å². The number of carbonyl (C=O) groups is 2. The average Bonchev–Trinajstić information content (AvgIpc) is 3.30. The zero-order valence-electron chi connectivity index (χ0n) is 27.0. The van der Waals surface area contributed by atoms with Crippen LogP contribution >= 0.6 is 0 Å². The van der Waals surface area contributed by atoms with Crippen molar-refractivity contribution in [1.82, 2.24) is 15.2 Å². The molecule has 3 heterocycles. The average molecular weight is 605 g/mol. The molecule has 3 saturated carbocycles. The largest absolute Gasteiger partial charge is 0.496 e. The molecular weight excluding hydrogens is 556 g/mol. The Morgan fingerprint density at radius 2 is 1.93 bits per heavy atom. The molecule has 1 amide bonds. The number of likely N-dealkylation sites (tertiary alicyclic amines) is 1. The molecule has 5 fully saturated rings. The Labute approximate surface area is 261 Å². The summed E-state index contributed by atoms with van der Waals surface area (Å²) in [5, 5.41) is 14.7. The molecule has 5 aliphatic rings. The van der Waals surface area contributed by atoms with Crippen LogP contribution in [-0.2, 0) is 26.3 Å². The summed E-state index contributed by atoms with van der Waals surface area (Å²) in [4.78, 5) is 35.9. The van der Waals surface area contributed by atoms with Crippen molar-refractivity contribution in [3.05, 3.63) is 53.2 Å². The number of hydrogen-bond donors (Lipinski definition) is 2. The Bertz CT molecular complexity index is 1380. The van der Waals surface area contributed by atoms with E-state index >= 15 is 0 Å². The normalized spacial score (nSPS) is 31.2. The summed E-state index contributed by atoms with van der Waals surface area (Å²) in [6, 6.07) is 8.42. The van der Waals surface area contributed by atoms with Gasteiger partial charge in [-0.3, -0.25) is 4.79 Å². The maximum absolute atomic E-state index is 14.4. The van der Waals surface area contributed by atoms with Crippen molar-refractivity contribution in [3.63, 3.8) is 0 Å². The lowest BCUT2D eigenvalue weighted by molar-refractivity contribution is -0.159. The Morgan fingerprint density at radius 1 is 1.18 bits per heavy atom. The van der Waals surface area contributed by atoms with Crippen molar-refractivity contribution >= 4 is 17.7 Å². The third kappa shape index (κ3) is 5.26. The zero-order chi connectivity index (χ0) is 31.4. The molecule has 2 aromatic rings. The van der Waals surface area contributed by atoms with Crippen molar-refractivity contribution in [2.24, 2.45) is 17.3 Å². The molecule has 1 aromatic carbocycles. The molecule has 238 valence electrons. The fraction of sp³-hybridized carbons (Fsp3) is 0.629.